The van der Waals surface area contributed by atoms with Crippen LogP contribution in [0.15, 0.2) is 0 Å². The standard InChI is InChI=1S/C5H9N2O2/c8-5-1-3-6-7(9)4-2-5/h1-4H2,(H,6,9)/q+1. The second-order valence-electron chi connectivity index (χ2n) is 2.05. The van der Waals surface area contributed by atoms with Crippen LogP contribution in [0, 0.1) is 4.91 Å². The van der Waals surface area contributed by atoms with Gasteiger partial charge in [-0.15, -0.1) is 0 Å². The molecule has 1 saturated heterocycles. The topological polar surface area (TPSA) is 49.2 Å². The number of nitrogens with one attached hydrogen (secondary N) is 1. The van der Waals surface area contributed by atoms with Crippen molar-refractivity contribution in [3.05, 3.63) is 4.91 Å². The number of hydrogen-bond acceptors (Lipinski definition) is 2. The van der Waals surface area contributed by atoms with Crippen LogP contribution in [0.4, 0.5) is 0 Å². The van der Waals surface area contributed by atoms with Crippen LogP contribution < -0.4 is 5.43 Å². The highest BCUT2D eigenvalue weighted by Crippen LogP contribution is 1.92. The predicted octanol–water partition coefficient (Wildman–Crippen LogP) is -0.367. The molecule has 1 heterocycles. The maximum Gasteiger partial charge on any atom is 0.232 e. The van der Waals surface area contributed by atoms with Gasteiger partial charge in [0.15, 0.2) is 0 Å². The van der Waals surface area contributed by atoms with Crippen LogP contribution in [0.3, 0.4) is 0 Å². The third-order valence-corrected chi connectivity index (χ3v) is 1.29. The molecule has 1 aliphatic heterocycles. The van der Waals surface area contributed by atoms with E-state index >= 15 is 0 Å². The molecule has 1 rings (SSSR count). The first-order valence-electron chi connectivity index (χ1n) is 2.99. The Bertz CT molecular complexity index is 128. The normalized spacial score (nSPS) is 20.9. The highest BCUT2D eigenvalue weighted by atomic mass is 16.3. The number of ketones is 1. The zero-order valence-corrected chi connectivity index (χ0v) is 5.09. The summed E-state index contributed by atoms with van der Waals surface area (Å²) in [6.07, 6.45) is 0.870. The van der Waals surface area contributed by atoms with Crippen molar-refractivity contribution in [3.63, 3.8) is 0 Å². The quantitative estimate of drug-likeness (QED) is 0.454. The molecule has 1 N–H and O–H groups in total. The van der Waals surface area contributed by atoms with E-state index in [0.29, 0.717) is 30.8 Å². The third-order valence-electron chi connectivity index (χ3n) is 1.29. The molecule has 4 nitrogen and oxygen atoms in total. The van der Waals surface area contributed by atoms with E-state index in [0.717, 1.165) is 0 Å². The van der Waals surface area contributed by atoms with E-state index in [9.17, 15) is 9.70 Å². The van der Waals surface area contributed by atoms with Gasteiger partial charge in [0.2, 0.25) is 6.54 Å². The Morgan fingerprint density at radius 1 is 1.44 bits per heavy atom. The molecule has 0 radical (unpaired) electrons. The lowest BCUT2D eigenvalue weighted by Gasteiger charge is -1.85. The minimum absolute atomic E-state index is 0.167. The highest BCUT2D eigenvalue weighted by molar-refractivity contribution is 5.78. The summed E-state index contributed by atoms with van der Waals surface area (Å²) >= 11 is 0. The summed E-state index contributed by atoms with van der Waals surface area (Å²) in [6, 6.07) is 0. The summed E-state index contributed by atoms with van der Waals surface area (Å²) in [4.78, 5) is 21.8. The van der Waals surface area contributed by atoms with Gasteiger partial charge in [0, 0.05) is 6.42 Å². The fourth-order valence-electron chi connectivity index (χ4n) is 0.750. The van der Waals surface area contributed by atoms with Crippen molar-refractivity contribution in [1.82, 2.24) is 5.43 Å². The average molecular weight is 129 g/mol. The second-order valence-corrected chi connectivity index (χ2v) is 2.05. The van der Waals surface area contributed by atoms with Gasteiger partial charge in [-0.2, -0.15) is 5.43 Å². The summed E-state index contributed by atoms with van der Waals surface area (Å²) in [7, 11) is 0. The van der Waals surface area contributed by atoms with Crippen LogP contribution in [0.5, 0.6) is 0 Å². The minimum atomic E-state index is 0.167. The van der Waals surface area contributed by atoms with Crippen LogP contribution in [0.1, 0.15) is 12.8 Å². The van der Waals surface area contributed by atoms with Gasteiger partial charge in [-0.1, -0.05) is 0 Å². The molecule has 0 aromatic heterocycles. The van der Waals surface area contributed by atoms with Crippen molar-refractivity contribution in [2.24, 2.45) is 0 Å². The number of rotatable bonds is 0. The van der Waals surface area contributed by atoms with E-state index < -0.39 is 0 Å². The van der Waals surface area contributed by atoms with E-state index in [1.807, 2.05) is 0 Å². The van der Waals surface area contributed by atoms with E-state index in [1.165, 1.54) is 0 Å². The Hall–Kier alpha value is -0.930. The number of Topliss-reactive ketones (excluding diaryl/α,β-unsaturated/α-hetero) is 1. The molecule has 0 aliphatic carbocycles. The van der Waals surface area contributed by atoms with Crippen LogP contribution >= 0.6 is 0 Å². The Morgan fingerprint density at radius 2 is 2.22 bits per heavy atom. The number of hydrazine groups is 1. The van der Waals surface area contributed by atoms with E-state index in [4.69, 9.17) is 0 Å². The number of carbonyl (C=O) groups excluding carboxylic acids is 1. The lowest BCUT2D eigenvalue weighted by molar-refractivity contribution is -0.604. The van der Waals surface area contributed by atoms with Gasteiger partial charge in [0.1, 0.15) is 10.7 Å². The third kappa shape index (κ3) is 1.79. The summed E-state index contributed by atoms with van der Waals surface area (Å²) < 4.78 is 0. The molecular formula is C5H9N2O2+. The number of nitrogens with zero attached hydrogens (tertiary/aromatic N) is 1. The van der Waals surface area contributed by atoms with Crippen LogP contribution in [-0.4, -0.2) is 23.7 Å². The van der Waals surface area contributed by atoms with E-state index in [1.54, 1.807) is 0 Å². The molecule has 50 valence electrons. The van der Waals surface area contributed by atoms with Crippen LogP contribution in [0.2, 0.25) is 0 Å². The summed E-state index contributed by atoms with van der Waals surface area (Å²) in [5.74, 6) is 0.167. The van der Waals surface area contributed by atoms with Crippen molar-refractivity contribution in [1.29, 1.82) is 0 Å². The molecular weight excluding hydrogens is 120 g/mol. The first-order valence-corrected chi connectivity index (χ1v) is 2.99. The van der Waals surface area contributed by atoms with Crippen LogP contribution in [-0.2, 0) is 4.79 Å². The smallest absolute Gasteiger partial charge is 0.232 e. The zero-order chi connectivity index (χ0) is 6.69. The molecule has 0 bridgehead atoms. The van der Waals surface area contributed by atoms with Gasteiger partial charge in [0.25, 0.3) is 0 Å². The predicted molar refractivity (Wildman–Crippen MR) is 30.7 cm³/mol. The zero-order valence-electron chi connectivity index (χ0n) is 5.09. The maximum atomic E-state index is 10.6. The first-order chi connectivity index (χ1) is 4.29. The number of carbonyl (C=O) groups is 1. The van der Waals surface area contributed by atoms with Crippen molar-refractivity contribution >= 4 is 5.78 Å². The van der Waals surface area contributed by atoms with E-state index in [-0.39, 0.29) is 5.78 Å². The van der Waals surface area contributed by atoms with E-state index in [2.05, 4.69) is 5.43 Å². The molecule has 4 heteroatoms. The monoisotopic (exact) mass is 129 g/mol. The second kappa shape index (κ2) is 2.57. The molecule has 1 fully saturated rings. The van der Waals surface area contributed by atoms with Gasteiger partial charge in [-0.05, 0) is 0 Å². The Kier molecular flexibility index (Phi) is 1.77. The first kappa shape index (κ1) is 6.19. The Balaban J connectivity index is 2.43. The Labute approximate surface area is 52.8 Å². The molecule has 1 aliphatic rings. The van der Waals surface area contributed by atoms with Gasteiger partial charge in [0.05, 0.1) is 17.9 Å². The minimum Gasteiger partial charge on any atom is -0.299 e. The van der Waals surface area contributed by atoms with Gasteiger partial charge < -0.3 is 0 Å². The van der Waals surface area contributed by atoms with Crippen molar-refractivity contribution in [2.75, 3.05) is 13.1 Å². The molecule has 0 aromatic rings. The lowest BCUT2D eigenvalue weighted by atomic mass is 10.2. The summed E-state index contributed by atoms with van der Waals surface area (Å²) in [5.41, 5.74) is 2.53. The van der Waals surface area contributed by atoms with Crippen molar-refractivity contribution in [3.8, 4) is 0 Å². The SMILES string of the molecule is O=C1CCN[N+](=O)CC1. The van der Waals surface area contributed by atoms with Crippen molar-refractivity contribution in [2.45, 2.75) is 12.8 Å². The molecule has 0 atom stereocenters. The maximum absolute atomic E-state index is 10.6. The molecule has 0 amide bonds. The molecule has 0 aromatic carbocycles. The van der Waals surface area contributed by atoms with Gasteiger partial charge in [-0.3, -0.25) is 4.79 Å². The highest BCUT2D eigenvalue weighted by Gasteiger charge is 2.16. The molecule has 9 heavy (non-hydrogen) atoms. The summed E-state index contributed by atoms with van der Waals surface area (Å²) in [6.45, 7) is 0.779. The Morgan fingerprint density at radius 3 is 3.00 bits per heavy atom. The fourth-order valence-corrected chi connectivity index (χ4v) is 0.750. The summed E-state index contributed by atoms with van der Waals surface area (Å²) in [5, 5.41) is 0. The molecule has 0 saturated carbocycles. The number of hydrogen-bond donors (Lipinski definition) is 1. The fraction of sp³-hybridized carbons (Fsp3) is 0.800. The van der Waals surface area contributed by atoms with Gasteiger partial charge >= 0.3 is 0 Å². The largest absolute Gasteiger partial charge is 0.299 e. The molecule has 0 spiro atoms. The average Bonchev–Trinajstić information content (AvgIpc) is 1.97. The molecule has 0 unspecified atom stereocenters. The lowest BCUT2D eigenvalue weighted by Crippen LogP contribution is -2.25. The number of nitroso groups, excluding NO2 is 1. The van der Waals surface area contributed by atoms with Gasteiger partial charge in [-0.25, -0.2) is 0 Å². The van der Waals surface area contributed by atoms with Crippen LogP contribution in [0.25, 0.3) is 0 Å². The van der Waals surface area contributed by atoms with Crippen molar-refractivity contribution < 1.29 is 9.66 Å².